The van der Waals surface area contributed by atoms with E-state index in [1.165, 1.54) is 11.1 Å². The summed E-state index contributed by atoms with van der Waals surface area (Å²) in [6.07, 6.45) is 1.60. The molecule has 116 valence electrons. The van der Waals surface area contributed by atoms with Crippen LogP contribution in [0.3, 0.4) is 0 Å². The van der Waals surface area contributed by atoms with Gasteiger partial charge in [-0.05, 0) is 36.8 Å². The molecule has 0 spiro atoms. The molecule has 0 fully saturated rings. The lowest BCUT2D eigenvalue weighted by Gasteiger charge is -2.08. The lowest BCUT2D eigenvalue weighted by atomic mass is 10.1. The van der Waals surface area contributed by atoms with Crippen LogP contribution in [-0.2, 0) is 6.54 Å². The summed E-state index contributed by atoms with van der Waals surface area (Å²) in [4.78, 5) is 4.40. The van der Waals surface area contributed by atoms with Gasteiger partial charge in [-0.25, -0.2) is 0 Å². The Hall–Kier alpha value is -2.66. The summed E-state index contributed by atoms with van der Waals surface area (Å²) >= 11 is 5.87. The number of anilines is 3. The molecule has 3 rings (SSSR count). The summed E-state index contributed by atoms with van der Waals surface area (Å²) in [5.74, 6) is 1.10. The van der Waals surface area contributed by atoms with E-state index in [0.717, 1.165) is 5.69 Å². The summed E-state index contributed by atoms with van der Waals surface area (Å²) in [6.45, 7) is 2.75. The molecule has 0 bridgehead atoms. The van der Waals surface area contributed by atoms with Crippen molar-refractivity contribution in [3.63, 3.8) is 0 Å². The average molecular weight is 326 g/mol. The number of benzene rings is 2. The topological polar surface area (TPSA) is 62.7 Å². The molecule has 0 aliphatic rings. The molecule has 1 aromatic heterocycles. The number of halogens is 1. The van der Waals surface area contributed by atoms with E-state index >= 15 is 0 Å². The normalized spacial score (nSPS) is 10.3. The van der Waals surface area contributed by atoms with Crippen molar-refractivity contribution in [2.75, 3.05) is 10.6 Å². The first-order valence-corrected chi connectivity index (χ1v) is 7.58. The van der Waals surface area contributed by atoms with Crippen LogP contribution in [-0.4, -0.2) is 15.2 Å². The highest BCUT2D eigenvalue weighted by molar-refractivity contribution is 6.30. The lowest BCUT2D eigenvalue weighted by Crippen LogP contribution is -2.05. The fourth-order valence-corrected chi connectivity index (χ4v) is 2.24. The Morgan fingerprint density at radius 3 is 2.70 bits per heavy atom. The molecule has 0 amide bonds. The molecule has 23 heavy (non-hydrogen) atoms. The molecular weight excluding hydrogens is 310 g/mol. The molecule has 3 aromatic rings. The van der Waals surface area contributed by atoms with E-state index < -0.39 is 0 Å². The van der Waals surface area contributed by atoms with Crippen molar-refractivity contribution in [2.24, 2.45) is 0 Å². The molecule has 0 unspecified atom stereocenters. The molecule has 6 heteroatoms. The molecule has 0 aliphatic heterocycles. The van der Waals surface area contributed by atoms with Crippen LogP contribution in [0.1, 0.15) is 11.1 Å². The van der Waals surface area contributed by atoms with Crippen LogP contribution in [0.5, 0.6) is 0 Å². The number of aromatic nitrogens is 3. The molecule has 0 atom stereocenters. The monoisotopic (exact) mass is 325 g/mol. The van der Waals surface area contributed by atoms with Crippen molar-refractivity contribution >= 4 is 29.1 Å². The molecule has 0 radical (unpaired) electrons. The van der Waals surface area contributed by atoms with E-state index in [1.807, 2.05) is 18.2 Å². The summed E-state index contributed by atoms with van der Waals surface area (Å²) in [5.41, 5.74) is 3.28. The highest BCUT2D eigenvalue weighted by Gasteiger charge is 2.02. The van der Waals surface area contributed by atoms with Gasteiger partial charge in [0.2, 0.25) is 5.95 Å². The van der Waals surface area contributed by atoms with Gasteiger partial charge in [-0.2, -0.15) is 10.1 Å². The molecule has 5 nitrogen and oxygen atoms in total. The third kappa shape index (κ3) is 4.40. The molecule has 2 aromatic carbocycles. The number of hydrogen-bond donors (Lipinski definition) is 2. The maximum atomic E-state index is 5.87. The highest BCUT2D eigenvalue weighted by atomic mass is 35.5. The molecule has 1 heterocycles. The SMILES string of the molecule is Cc1cccc(CNc2cnnc(Nc3ccc(Cl)cc3)n2)c1. The average Bonchev–Trinajstić information content (AvgIpc) is 2.56. The largest absolute Gasteiger partial charge is 0.365 e. The minimum Gasteiger partial charge on any atom is -0.365 e. The summed E-state index contributed by atoms with van der Waals surface area (Å²) in [6, 6.07) is 15.6. The van der Waals surface area contributed by atoms with Gasteiger partial charge in [0.1, 0.15) is 0 Å². The fourth-order valence-electron chi connectivity index (χ4n) is 2.12. The van der Waals surface area contributed by atoms with Crippen molar-refractivity contribution in [1.29, 1.82) is 0 Å². The van der Waals surface area contributed by atoms with Gasteiger partial charge < -0.3 is 10.6 Å². The van der Waals surface area contributed by atoms with Crippen LogP contribution in [0, 0.1) is 6.92 Å². The van der Waals surface area contributed by atoms with Gasteiger partial charge in [0.05, 0.1) is 6.20 Å². The second-order valence-corrected chi connectivity index (χ2v) is 5.58. The summed E-state index contributed by atoms with van der Waals surface area (Å²) in [7, 11) is 0. The van der Waals surface area contributed by atoms with Gasteiger partial charge in [-0.3, -0.25) is 0 Å². The minimum absolute atomic E-state index is 0.432. The quantitative estimate of drug-likeness (QED) is 0.736. The zero-order valence-electron chi connectivity index (χ0n) is 12.6. The van der Waals surface area contributed by atoms with E-state index in [4.69, 9.17) is 11.6 Å². The van der Waals surface area contributed by atoms with Crippen LogP contribution in [0.4, 0.5) is 17.5 Å². The van der Waals surface area contributed by atoms with Crippen LogP contribution in [0.25, 0.3) is 0 Å². The molecular formula is C17H16ClN5. The van der Waals surface area contributed by atoms with Gasteiger partial charge in [0.25, 0.3) is 0 Å². The van der Waals surface area contributed by atoms with Crippen molar-refractivity contribution in [2.45, 2.75) is 13.5 Å². The predicted octanol–water partition coefficient (Wildman–Crippen LogP) is 4.19. The fraction of sp³-hybridized carbons (Fsp3) is 0.118. The maximum Gasteiger partial charge on any atom is 0.249 e. The Morgan fingerprint density at radius 2 is 1.91 bits per heavy atom. The zero-order chi connectivity index (χ0) is 16.1. The minimum atomic E-state index is 0.432. The Kier molecular flexibility index (Phi) is 4.68. The van der Waals surface area contributed by atoms with Crippen LogP contribution >= 0.6 is 11.6 Å². The number of aryl methyl sites for hydroxylation is 1. The lowest BCUT2D eigenvalue weighted by molar-refractivity contribution is 0.965. The van der Waals surface area contributed by atoms with Crippen LogP contribution in [0.2, 0.25) is 5.02 Å². The first-order valence-electron chi connectivity index (χ1n) is 7.21. The van der Waals surface area contributed by atoms with Crippen molar-refractivity contribution < 1.29 is 0 Å². The Labute approximate surface area is 139 Å². The standard InChI is InChI=1S/C17H16ClN5/c1-12-3-2-4-13(9-12)10-19-16-11-20-23-17(22-16)21-15-7-5-14(18)6-8-15/h2-9,11H,10H2,1H3,(H2,19,21,22,23). The molecule has 2 N–H and O–H groups in total. The third-order valence-electron chi connectivity index (χ3n) is 3.22. The van der Waals surface area contributed by atoms with Gasteiger partial charge >= 0.3 is 0 Å². The van der Waals surface area contributed by atoms with E-state index in [2.05, 4.69) is 50.9 Å². The Morgan fingerprint density at radius 1 is 1.09 bits per heavy atom. The Balaban J connectivity index is 1.66. The first-order chi connectivity index (χ1) is 11.2. The van der Waals surface area contributed by atoms with Gasteiger partial charge in [0.15, 0.2) is 5.82 Å². The van der Waals surface area contributed by atoms with E-state index in [1.54, 1.807) is 18.3 Å². The Bertz CT molecular complexity index is 789. The van der Waals surface area contributed by atoms with Crippen LogP contribution in [0.15, 0.2) is 54.7 Å². The van der Waals surface area contributed by atoms with Crippen molar-refractivity contribution in [3.05, 3.63) is 70.9 Å². The smallest absolute Gasteiger partial charge is 0.249 e. The van der Waals surface area contributed by atoms with Gasteiger partial charge in [0, 0.05) is 17.3 Å². The molecule has 0 saturated carbocycles. The first kappa shape index (κ1) is 15.2. The number of nitrogens with zero attached hydrogens (tertiary/aromatic N) is 3. The third-order valence-corrected chi connectivity index (χ3v) is 3.47. The van der Waals surface area contributed by atoms with Gasteiger partial charge in [-0.15, -0.1) is 5.10 Å². The number of rotatable bonds is 5. The second-order valence-electron chi connectivity index (χ2n) is 5.14. The second kappa shape index (κ2) is 7.07. The predicted molar refractivity (Wildman–Crippen MR) is 93.1 cm³/mol. The molecule has 0 saturated heterocycles. The van der Waals surface area contributed by atoms with E-state index in [0.29, 0.717) is 23.3 Å². The summed E-state index contributed by atoms with van der Waals surface area (Å²) in [5, 5.41) is 15.0. The van der Waals surface area contributed by atoms with E-state index in [-0.39, 0.29) is 0 Å². The highest BCUT2D eigenvalue weighted by Crippen LogP contribution is 2.17. The number of nitrogens with one attached hydrogen (secondary N) is 2. The zero-order valence-corrected chi connectivity index (χ0v) is 13.4. The van der Waals surface area contributed by atoms with Gasteiger partial charge in [-0.1, -0.05) is 41.4 Å². The number of hydrogen-bond acceptors (Lipinski definition) is 5. The van der Waals surface area contributed by atoms with Crippen molar-refractivity contribution in [3.8, 4) is 0 Å². The molecule has 0 aliphatic carbocycles. The van der Waals surface area contributed by atoms with Crippen molar-refractivity contribution in [1.82, 2.24) is 15.2 Å². The maximum absolute atomic E-state index is 5.87. The van der Waals surface area contributed by atoms with E-state index in [9.17, 15) is 0 Å². The van der Waals surface area contributed by atoms with Crippen LogP contribution < -0.4 is 10.6 Å². The summed E-state index contributed by atoms with van der Waals surface area (Å²) < 4.78 is 0.